The van der Waals surface area contributed by atoms with Gasteiger partial charge in [-0.05, 0) is 17.7 Å². The molecule has 18 heavy (non-hydrogen) atoms. The van der Waals surface area contributed by atoms with Crippen molar-refractivity contribution < 1.29 is 14.6 Å². The number of nitrogens with zero attached hydrogens (tertiary/aromatic N) is 1. The van der Waals surface area contributed by atoms with Crippen LogP contribution in [0, 0.1) is 0 Å². The first-order valence-electron chi connectivity index (χ1n) is 5.93. The van der Waals surface area contributed by atoms with E-state index in [1.54, 1.807) is 4.90 Å². The topological polar surface area (TPSA) is 49.8 Å². The van der Waals surface area contributed by atoms with E-state index in [2.05, 4.69) is 0 Å². The number of rotatable bonds is 3. The van der Waals surface area contributed by atoms with Crippen molar-refractivity contribution in [3.63, 3.8) is 0 Å². The minimum atomic E-state index is -0.437. The van der Waals surface area contributed by atoms with Crippen LogP contribution in [0.5, 0.6) is 0 Å². The van der Waals surface area contributed by atoms with Crippen LogP contribution in [0.2, 0.25) is 5.02 Å². The molecule has 1 aliphatic heterocycles. The van der Waals surface area contributed by atoms with Crippen LogP contribution in [-0.4, -0.2) is 48.3 Å². The lowest BCUT2D eigenvalue weighted by molar-refractivity contribution is -0.141. The molecule has 1 aromatic rings. The number of aliphatic hydroxyl groups is 1. The summed E-state index contributed by atoms with van der Waals surface area (Å²) in [5, 5.41) is 9.56. The zero-order valence-electron chi connectivity index (χ0n) is 10.0. The summed E-state index contributed by atoms with van der Waals surface area (Å²) < 4.78 is 5.63. The molecule has 0 radical (unpaired) electrons. The molecule has 0 unspecified atom stereocenters. The highest BCUT2D eigenvalue weighted by Crippen LogP contribution is 2.14. The van der Waals surface area contributed by atoms with E-state index in [1.807, 2.05) is 24.3 Å². The molecule has 4 nitrogen and oxygen atoms in total. The number of aliphatic hydroxyl groups excluding tert-OH is 1. The second kappa shape index (κ2) is 6.18. The summed E-state index contributed by atoms with van der Waals surface area (Å²) in [7, 11) is 0. The molecule has 0 saturated carbocycles. The highest BCUT2D eigenvalue weighted by Gasteiger charge is 2.23. The molecule has 1 fully saturated rings. The molecule has 1 aliphatic rings. The zero-order valence-corrected chi connectivity index (χ0v) is 10.8. The molecule has 1 atom stereocenters. The van der Waals surface area contributed by atoms with Crippen LogP contribution >= 0.6 is 11.6 Å². The minimum Gasteiger partial charge on any atom is -0.387 e. The molecule has 0 spiro atoms. The van der Waals surface area contributed by atoms with Crippen LogP contribution in [0.4, 0.5) is 0 Å². The molecule has 1 aromatic carbocycles. The largest absolute Gasteiger partial charge is 0.387 e. The predicted molar refractivity (Wildman–Crippen MR) is 68.6 cm³/mol. The second-order valence-electron chi connectivity index (χ2n) is 4.32. The molecular weight excluding hydrogens is 254 g/mol. The van der Waals surface area contributed by atoms with Crippen molar-refractivity contribution >= 4 is 17.5 Å². The van der Waals surface area contributed by atoms with Crippen LogP contribution in [0.3, 0.4) is 0 Å². The van der Waals surface area contributed by atoms with Crippen molar-refractivity contribution in [2.24, 2.45) is 0 Å². The van der Waals surface area contributed by atoms with Crippen LogP contribution in [0.15, 0.2) is 24.3 Å². The van der Waals surface area contributed by atoms with Gasteiger partial charge in [0, 0.05) is 24.5 Å². The van der Waals surface area contributed by atoms with Crippen molar-refractivity contribution in [3.8, 4) is 0 Å². The average Bonchev–Trinajstić information content (AvgIpc) is 2.41. The summed E-state index contributed by atoms with van der Waals surface area (Å²) in [6.07, 6.45) is 0.724. The van der Waals surface area contributed by atoms with Gasteiger partial charge in [0.2, 0.25) is 5.91 Å². The lowest BCUT2D eigenvalue weighted by Gasteiger charge is -2.32. The zero-order chi connectivity index (χ0) is 13.0. The van der Waals surface area contributed by atoms with E-state index in [4.69, 9.17) is 21.4 Å². The Morgan fingerprint density at radius 2 is 2.17 bits per heavy atom. The molecule has 1 amide bonds. The molecule has 1 saturated heterocycles. The summed E-state index contributed by atoms with van der Waals surface area (Å²) in [5.41, 5.74) is 1.13. The van der Waals surface area contributed by atoms with E-state index in [0.29, 0.717) is 24.7 Å². The number of carbonyl (C=O) groups excluding carboxylic acids is 1. The lowest BCUT2D eigenvalue weighted by atomic mass is 10.1. The summed E-state index contributed by atoms with van der Waals surface area (Å²) in [4.78, 5) is 13.1. The van der Waals surface area contributed by atoms with Gasteiger partial charge >= 0.3 is 0 Å². The Balaban J connectivity index is 1.93. The first-order valence-corrected chi connectivity index (χ1v) is 6.31. The van der Waals surface area contributed by atoms with E-state index in [0.717, 1.165) is 12.0 Å². The maximum Gasteiger partial charge on any atom is 0.248 e. The SMILES string of the molecule is O=C(CO)N1CCO[C@H](Cc2ccc(Cl)cc2)C1. The fourth-order valence-corrected chi connectivity index (χ4v) is 2.18. The van der Waals surface area contributed by atoms with Gasteiger partial charge < -0.3 is 14.7 Å². The molecular formula is C13H16ClNO3. The number of ether oxygens (including phenoxy) is 1. The third kappa shape index (κ3) is 3.45. The Morgan fingerprint density at radius 3 is 2.83 bits per heavy atom. The van der Waals surface area contributed by atoms with E-state index < -0.39 is 6.61 Å². The van der Waals surface area contributed by atoms with Crippen molar-refractivity contribution in [1.29, 1.82) is 0 Å². The average molecular weight is 270 g/mol. The van der Waals surface area contributed by atoms with Crippen LogP contribution in [0.25, 0.3) is 0 Å². The summed E-state index contributed by atoms with van der Waals surface area (Å²) in [6.45, 7) is 1.16. The van der Waals surface area contributed by atoms with E-state index in [1.165, 1.54) is 0 Å². The van der Waals surface area contributed by atoms with E-state index in [9.17, 15) is 4.79 Å². The third-order valence-corrected chi connectivity index (χ3v) is 3.26. The van der Waals surface area contributed by atoms with Crippen molar-refractivity contribution in [2.45, 2.75) is 12.5 Å². The molecule has 1 N–H and O–H groups in total. The molecule has 5 heteroatoms. The highest BCUT2D eigenvalue weighted by atomic mass is 35.5. The lowest BCUT2D eigenvalue weighted by Crippen LogP contribution is -2.47. The fourth-order valence-electron chi connectivity index (χ4n) is 2.05. The minimum absolute atomic E-state index is 0.0181. The van der Waals surface area contributed by atoms with Crippen LogP contribution < -0.4 is 0 Å². The Labute approximate surface area is 111 Å². The van der Waals surface area contributed by atoms with Crippen LogP contribution in [0.1, 0.15) is 5.56 Å². The van der Waals surface area contributed by atoms with Gasteiger partial charge in [0.1, 0.15) is 6.61 Å². The van der Waals surface area contributed by atoms with Gasteiger partial charge in [-0.3, -0.25) is 4.79 Å². The van der Waals surface area contributed by atoms with Gasteiger partial charge in [0.25, 0.3) is 0 Å². The monoisotopic (exact) mass is 269 g/mol. The predicted octanol–water partition coefficient (Wildman–Crippen LogP) is 1.10. The molecule has 2 rings (SSSR count). The molecule has 0 aromatic heterocycles. The number of amides is 1. The Kier molecular flexibility index (Phi) is 4.58. The standard InChI is InChI=1S/C13H16ClNO3/c14-11-3-1-10(2-4-11)7-12-8-15(5-6-18-12)13(17)9-16/h1-4,12,16H,5-9H2/t12-/m1/s1. The maximum atomic E-state index is 11.4. The van der Waals surface area contributed by atoms with Gasteiger partial charge in [-0.2, -0.15) is 0 Å². The van der Waals surface area contributed by atoms with Gasteiger partial charge in [0.15, 0.2) is 0 Å². The number of benzene rings is 1. The Bertz CT molecular complexity index is 407. The van der Waals surface area contributed by atoms with Gasteiger partial charge in [-0.1, -0.05) is 23.7 Å². The number of carbonyl (C=O) groups is 1. The van der Waals surface area contributed by atoms with Crippen LogP contribution in [-0.2, 0) is 16.0 Å². The van der Waals surface area contributed by atoms with Gasteiger partial charge in [0.05, 0.1) is 12.7 Å². The number of hydrogen-bond donors (Lipinski definition) is 1. The first kappa shape index (κ1) is 13.3. The highest BCUT2D eigenvalue weighted by molar-refractivity contribution is 6.30. The normalized spacial score (nSPS) is 19.9. The number of morpholine rings is 1. The van der Waals surface area contributed by atoms with Crippen molar-refractivity contribution in [2.75, 3.05) is 26.3 Å². The Morgan fingerprint density at radius 1 is 1.44 bits per heavy atom. The number of halogens is 1. The van der Waals surface area contributed by atoms with Crippen molar-refractivity contribution in [3.05, 3.63) is 34.9 Å². The van der Waals surface area contributed by atoms with Gasteiger partial charge in [-0.25, -0.2) is 0 Å². The van der Waals surface area contributed by atoms with Crippen molar-refractivity contribution in [1.82, 2.24) is 4.90 Å². The quantitative estimate of drug-likeness (QED) is 0.894. The summed E-state index contributed by atoms with van der Waals surface area (Å²) >= 11 is 5.83. The number of hydrogen-bond acceptors (Lipinski definition) is 3. The third-order valence-electron chi connectivity index (χ3n) is 3.00. The summed E-state index contributed by atoms with van der Waals surface area (Å²) in [6, 6.07) is 7.60. The second-order valence-corrected chi connectivity index (χ2v) is 4.76. The van der Waals surface area contributed by atoms with E-state index >= 15 is 0 Å². The smallest absolute Gasteiger partial charge is 0.248 e. The van der Waals surface area contributed by atoms with E-state index in [-0.39, 0.29) is 12.0 Å². The molecule has 1 heterocycles. The maximum absolute atomic E-state index is 11.4. The molecule has 0 aliphatic carbocycles. The Hall–Kier alpha value is -1.10. The van der Waals surface area contributed by atoms with Gasteiger partial charge in [-0.15, -0.1) is 0 Å². The molecule has 0 bridgehead atoms. The fraction of sp³-hybridized carbons (Fsp3) is 0.462. The summed E-state index contributed by atoms with van der Waals surface area (Å²) in [5.74, 6) is -0.237. The first-order chi connectivity index (χ1) is 8.69. The molecule has 98 valence electrons.